The van der Waals surface area contributed by atoms with Crippen LogP contribution in [0.4, 0.5) is 9.18 Å². The van der Waals surface area contributed by atoms with Crippen LogP contribution in [0, 0.1) is 11.7 Å². The third-order valence-electron chi connectivity index (χ3n) is 5.43. The molecule has 2 atom stereocenters. The summed E-state index contributed by atoms with van der Waals surface area (Å²) in [6.07, 6.45) is 4.02. The molecule has 0 aromatic heterocycles. The fraction of sp³-hybridized carbons (Fsp3) is 0.500. The van der Waals surface area contributed by atoms with Gasteiger partial charge in [0.05, 0.1) is 0 Å². The number of nitrogens with zero attached hydrogens (tertiary/aromatic N) is 2. The van der Waals surface area contributed by atoms with Crippen LogP contribution in [0.1, 0.15) is 38.2 Å². The molecule has 0 bridgehead atoms. The Labute approximate surface area is 162 Å². The van der Waals surface area contributed by atoms with Crippen LogP contribution < -0.4 is 5.32 Å². The average molecular weight is 389 g/mol. The number of nitrogens with one attached hydrogen (secondary N) is 1. The molecule has 0 spiro atoms. The first kappa shape index (κ1) is 20.0. The first-order chi connectivity index (χ1) is 13.4. The van der Waals surface area contributed by atoms with Crippen molar-refractivity contribution in [2.45, 2.75) is 45.1 Å². The Morgan fingerprint density at radius 3 is 2.46 bits per heavy atom. The molecule has 2 fully saturated rings. The number of amides is 5. The SMILES string of the molecule is C[C@@H]1CCCC[C@H]1N1C(=O)C(=O)N(CC(=O)NCCc2ccc(F)cc2)C1=O. The van der Waals surface area contributed by atoms with E-state index in [0.717, 1.165) is 34.6 Å². The highest BCUT2D eigenvalue weighted by Crippen LogP contribution is 2.31. The Kier molecular flexibility index (Phi) is 6.06. The molecular formula is C20H24FN3O4. The number of imide groups is 2. The van der Waals surface area contributed by atoms with Gasteiger partial charge in [-0.1, -0.05) is 31.9 Å². The van der Waals surface area contributed by atoms with E-state index in [1.54, 1.807) is 12.1 Å². The second-order valence-corrected chi connectivity index (χ2v) is 7.40. The van der Waals surface area contributed by atoms with Gasteiger partial charge in [0.15, 0.2) is 0 Å². The smallest absolute Gasteiger partial charge is 0.334 e. The molecule has 1 saturated carbocycles. The lowest BCUT2D eigenvalue weighted by atomic mass is 9.85. The molecule has 1 N–H and O–H groups in total. The fourth-order valence-corrected chi connectivity index (χ4v) is 3.83. The van der Waals surface area contributed by atoms with Crippen molar-refractivity contribution >= 4 is 23.8 Å². The minimum atomic E-state index is -0.948. The van der Waals surface area contributed by atoms with Crippen LogP contribution in [0.3, 0.4) is 0 Å². The number of carbonyl (C=O) groups excluding carboxylic acids is 4. The van der Waals surface area contributed by atoms with Gasteiger partial charge in [-0.2, -0.15) is 0 Å². The minimum absolute atomic E-state index is 0.138. The second-order valence-electron chi connectivity index (χ2n) is 7.40. The highest BCUT2D eigenvalue weighted by Gasteiger charge is 2.49. The van der Waals surface area contributed by atoms with Gasteiger partial charge in [-0.15, -0.1) is 0 Å². The zero-order chi connectivity index (χ0) is 20.3. The van der Waals surface area contributed by atoms with Gasteiger partial charge in [0.1, 0.15) is 12.4 Å². The summed E-state index contributed by atoms with van der Waals surface area (Å²) in [7, 11) is 0. The molecule has 0 unspecified atom stereocenters. The predicted octanol–water partition coefficient (Wildman–Crippen LogP) is 1.85. The van der Waals surface area contributed by atoms with E-state index in [1.807, 2.05) is 6.92 Å². The van der Waals surface area contributed by atoms with Crippen molar-refractivity contribution in [3.05, 3.63) is 35.6 Å². The Hall–Kier alpha value is -2.77. The summed E-state index contributed by atoms with van der Waals surface area (Å²) < 4.78 is 12.9. The normalized spacial score (nSPS) is 22.7. The molecule has 1 aromatic carbocycles. The molecule has 5 amide bonds. The maximum Gasteiger partial charge on any atom is 0.334 e. The van der Waals surface area contributed by atoms with Crippen LogP contribution in [0.25, 0.3) is 0 Å². The molecule has 2 aliphatic rings. The van der Waals surface area contributed by atoms with Crippen molar-refractivity contribution in [2.75, 3.05) is 13.1 Å². The summed E-state index contributed by atoms with van der Waals surface area (Å²) in [4.78, 5) is 51.1. The van der Waals surface area contributed by atoms with Gasteiger partial charge in [-0.3, -0.25) is 19.3 Å². The topological polar surface area (TPSA) is 86.8 Å². The maximum absolute atomic E-state index is 12.9. The third kappa shape index (κ3) is 4.21. The van der Waals surface area contributed by atoms with E-state index in [1.165, 1.54) is 12.1 Å². The molecule has 28 heavy (non-hydrogen) atoms. The predicted molar refractivity (Wildman–Crippen MR) is 98.5 cm³/mol. The third-order valence-corrected chi connectivity index (χ3v) is 5.43. The van der Waals surface area contributed by atoms with E-state index < -0.39 is 30.3 Å². The van der Waals surface area contributed by atoms with Gasteiger partial charge < -0.3 is 5.32 Å². The molecule has 1 aliphatic heterocycles. The summed E-state index contributed by atoms with van der Waals surface area (Å²) in [5.41, 5.74) is 0.850. The van der Waals surface area contributed by atoms with Crippen molar-refractivity contribution in [2.24, 2.45) is 5.92 Å². The van der Waals surface area contributed by atoms with Gasteiger partial charge in [0.2, 0.25) is 5.91 Å². The van der Waals surface area contributed by atoms with Crippen LogP contribution in [-0.4, -0.2) is 52.7 Å². The van der Waals surface area contributed by atoms with Gasteiger partial charge in [-0.25, -0.2) is 14.1 Å². The van der Waals surface area contributed by atoms with Crippen LogP contribution >= 0.6 is 0 Å². The van der Waals surface area contributed by atoms with E-state index in [0.29, 0.717) is 12.8 Å². The number of benzene rings is 1. The highest BCUT2D eigenvalue weighted by atomic mass is 19.1. The molecule has 1 saturated heterocycles. The minimum Gasteiger partial charge on any atom is -0.354 e. The van der Waals surface area contributed by atoms with Gasteiger partial charge in [-0.05, 0) is 42.9 Å². The fourth-order valence-electron chi connectivity index (χ4n) is 3.83. The number of hydrogen-bond acceptors (Lipinski definition) is 4. The van der Waals surface area contributed by atoms with Crippen molar-refractivity contribution in [1.82, 2.24) is 15.1 Å². The number of rotatable bonds is 6. The highest BCUT2D eigenvalue weighted by molar-refractivity contribution is 6.45. The number of halogens is 1. The summed E-state index contributed by atoms with van der Waals surface area (Å²) in [5.74, 6) is -2.51. The quantitative estimate of drug-likeness (QED) is 0.594. The van der Waals surface area contributed by atoms with Crippen molar-refractivity contribution in [1.29, 1.82) is 0 Å². The lowest BCUT2D eigenvalue weighted by Crippen LogP contribution is -2.47. The summed E-state index contributed by atoms with van der Waals surface area (Å²) in [6.45, 7) is 1.77. The maximum atomic E-state index is 12.9. The zero-order valence-electron chi connectivity index (χ0n) is 15.8. The summed E-state index contributed by atoms with van der Waals surface area (Å²) in [5, 5.41) is 2.62. The Balaban J connectivity index is 1.55. The first-order valence-electron chi connectivity index (χ1n) is 9.58. The number of hydrogen-bond donors (Lipinski definition) is 1. The molecule has 3 rings (SSSR count). The average Bonchev–Trinajstić information content (AvgIpc) is 2.87. The van der Waals surface area contributed by atoms with Crippen LogP contribution in [0.15, 0.2) is 24.3 Å². The van der Waals surface area contributed by atoms with E-state index >= 15 is 0 Å². The van der Waals surface area contributed by atoms with Crippen molar-refractivity contribution in [3.63, 3.8) is 0 Å². The largest absolute Gasteiger partial charge is 0.354 e. The van der Waals surface area contributed by atoms with Crippen LogP contribution in [0.5, 0.6) is 0 Å². The molecule has 8 heteroatoms. The summed E-state index contributed by atoms with van der Waals surface area (Å²) >= 11 is 0. The van der Waals surface area contributed by atoms with Gasteiger partial charge in [0.25, 0.3) is 0 Å². The van der Waals surface area contributed by atoms with Crippen LogP contribution in [-0.2, 0) is 20.8 Å². The lowest BCUT2D eigenvalue weighted by molar-refractivity contribution is -0.145. The van der Waals surface area contributed by atoms with E-state index in [9.17, 15) is 23.6 Å². The molecule has 0 radical (unpaired) electrons. The molecule has 1 aliphatic carbocycles. The number of carbonyl (C=O) groups is 4. The molecule has 1 heterocycles. The Bertz CT molecular complexity index is 780. The standard InChI is InChI=1S/C20H24FN3O4/c1-13-4-2-3-5-16(13)24-19(27)18(26)23(20(24)28)12-17(25)22-11-10-14-6-8-15(21)9-7-14/h6-9,13,16H,2-5,10-12H2,1H3,(H,22,25)/t13-,16-/m1/s1. The van der Waals surface area contributed by atoms with Crippen molar-refractivity contribution in [3.8, 4) is 0 Å². The van der Waals surface area contributed by atoms with Crippen LogP contribution in [0.2, 0.25) is 0 Å². The zero-order valence-corrected chi connectivity index (χ0v) is 15.8. The van der Waals surface area contributed by atoms with E-state index in [-0.39, 0.29) is 24.3 Å². The first-order valence-corrected chi connectivity index (χ1v) is 9.58. The van der Waals surface area contributed by atoms with Crippen molar-refractivity contribution < 1.29 is 23.6 Å². The molecular weight excluding hydrogens is 365 g/mol. The van der Waals surface area contributed by atoms with E-state index in [4.69, 9.17) is 0 Å². The van der Waals surface area contributed by atoms with E-state index in [2.05, 4.69) is 5.32 Å². The number of urea groups is 1. The molecule has 7 nitrogen and oxygen atoms in total. The lowest BCUT2D eigenvalue weighted by Gasteiger charge is -2.34. The second kappa shape index (κ2) is 8.50. The Morgan fingerprint density at radius 2 is 1.79 bits per heavy atom. The molecule has 150 valence electrons. The Morgan fingerprint density at radius 1 is 1.11 bits per heavy atom. The monoisotopic (exact) mass is 389 g/mol. The van der Waals surface area contributed by atoms with Gasteiger partial charge in [0, 0.05) is 12.6 Å². The van der Waals surface area contributed by atoms with Gasteiger partial charge >= 0.3 is 17.8 Å². The molecule has 1 aromatic rings. The summed E-state index contributed by atoms with van der Waals surface area (Å²) in [6, 6.07) is 4.93.